The van der Waals surface area contributed by atoms with Gasteiger partial charge in [0.25, 0.3) is 0 Å². The van der Waals surface area contributed by atoms with E-state index in [1.807, 2.05) is 39.8 Å². The van der Waals surface area contributed by atoms with Crippen LogP contribution in [0.3, 0.4) is 0 Å². The van der Waals surface area contributed by atoms with Gasteiger partial charge in [0.05, 0.1) is 74.1 Å². The summed E-state index contributed by atoms with van der Waals surface area (Å²) in [5.74, 6) is -7.10. The molecular weight excluding hydrogens is 1130 g/mol. The fourth-order valence-corrected chi connectivity index (χ4v) is 11.9. The second-order valence-corrected chi connectivity index (χ2v) is 23.5. The second kappa shape index (κ2) is 33.8. The fraction of sp³-hybridized carbons (Fsp3) is 0.646. The molecule has 6 rings (SSSR count). The maximum atomic E-state index is 14.8. The predicted molar refractivity (Wildman–Crippen MR) is 318 cm³/mol. The predicted octanol–water partition coefficient (Wildman–Crippen LogP) is 5.50. The first-order valence-corrected chi connectivity index (χ1v) is 30.0. The van der Waals surface area contributed by atoms with E-state index in [-0.39, 0.29) is 37.8 Å². The van der Waals surface area contributed by atoms with Gasteiger partial charge in [-0.05, 0) is 45.8 Å². The second-order valence-electron chi connectivity index (χ2n) is 23.5. The van der Waals surface area contributed by atoms with E-state index < -0.39 is 152 Å². The number of carbonyl (C=O) groups is 3. The molecule has 5 aliphatic heterocycles. The summed E-state index contributed by atoms with van der Waals surface area (Å²) in [5, 5.41) is 58.4. The van der Waals surface area contributed by atoms with Crippen LogP contribution in [0.15, 0.2) is 115 Å². The van der Waals surface area contributed by atoms with Gasteiger partial charge in [-0.2, -0.15) is 0 Å². The molecule has 87 heavy (non-hydrogen) atoms. The van der Waals surface area contributed by atoms with Crippen LogP contribution in [0.1, 0.15) is 86.6 Å². The van der Waals surface area contributed by atoms with Crippen LogP contribution < -0.4 is 5.32 Å². The molecule has 486 valence electrons. The Hall–Kier alpha value is -4.83. The summed E-state index contributed by atoms with van der Waals surface area (Å²) in [7, 11) is 6.24. The van der Waals surface area contributed by atoms with Crippen molar-refractivity contribution in [2.75, 3.05) is 41.6 Å². The number of carbonyl (C=O) groups excluding carboxylic acids is 2. The number of rotatable bonds is 28. The Morgan fingerprint density at radius 3 is 1.98 bits per heavy atom. The third-order valence-corrected chi connectivity index (χ3v) is 16.9. The van der Waals surface area contributed by atoms with Crippen LogP contribution in [-0.2, 0) is 82.4 Å². The molecule has 22 nitrogen and oxygen atoms in total. The summed E-state index contributed by atoms with van der Waals surface area (Å²) < 4.78 is 80.4. The van der Waals surface area contributed by atoms with Crippen LogP contribution in [0.2, 0.25) is 0 Å². The number of hydrogen-bond donors (Lipinski definition) is 6. The number of esters is 1. The molecule has 0 saturated carbocycles. The largest absolute Gasteiger partial charge is 0.478 e. The van der Waals surface area contributed by atoms with Gasteiger partial charge < -0.3 is 92.4 Å². The molecule has 5 aliphatic rings. The van der Waals surface area contributed by atoms with Crippen molar-refractivity contribution < 1.29 is 101 Å². The fourth-order valence-electron chi connectivity index (χ4n) is 11.9. The van der Waals surface area contributed by atoms with Crippen LogP contribution in [0, 0.1) is 17.3 Å². The van der Waals surface area contributed by atoms with Gasteiger partial charge >= 0.3 is 11.9 Å². The lowest BCUT2D eigenvalue weighted by molar-refractivity contribution is -0.367. The van der Waals surface area contributed by atoms with Crippen LogP contribution in [-0.4, -0.2) is 207 Å². The molecule has 0 spiro atoms. The molecule has 5 saturated heterocycles. The number of aliphatic hydroxyl groups excluding tert-OH is 3. The number of methoxy groups -OCH3 is 4. The Bertz CT molecular complexity index is 2530. The highest BCUT2D eigenvalue weighted by Gasteiger charge is 2.63. The number of ether oxygens (including phenoxy) is 13. The van der Waals surface area contributed by atoms with Crippen molar-refractivity contribution in [2.45, 2.75) is 210 Å². The molecule has 1 aromatic carbocycles. The van der Waals surface area contributed by atoms with Crippen molar-refractivity contribution in [3.05, 3.63) is 120 Å². The number of carboxylic acids is 1. The molecule has 5 heterocycles. The number of aliphatic carboxylic acids is 1. The van der Waals surface area contributed by atoms with Gasteiger partial charge in [0, 0.05) is 78.1 Å². The van der Waals surface area contributed by atoms with E-state index in [1.165, 1.54) is 20.3 Å². The minimum absolute atomic E-state index is 0.0526. The van der Waals surface area contributed by atoms with Gasteiger partial charge in [-0.3, -0.25) is 9.59 Å². The van der Waals surface area contributed by atoms with Crippen molar-refractivity contribution in [3.8, 4) is 0 Å². The summed E-state index contributed by atoms with van der Waals surface area (Å²) in [4.78, 5) is 39.3. The molecule has 0 aromatic heterocycles. The van der Waals surface area contributed by atoms with Crippen molar-refractivity contribution in [2.24, 2.45) is 17.3 Å². The molecule has 21 unspecified atom stereocenters. The first kappa shape index (κ1) is 71.2. The minimum Gasteiger partial charge on any atom is -0.478 e. The third-order valence-electron chi connectivity index (χ3n) is 16.9. The zero-order valence-corrected chi connectivity index (χ0v) is 52.2. The van der Waals surface area contributed by atoms with Gasteiger partial charge in [-0.25, -0.2) is 4.79 Å². The Morgan fingerprint density at radius 2 is 1.36 bits per heavy atom. The lowest BCUT2D eigenvalue weighted by Gasteiger charge is -2.54. The number of carboxylic acid groups (broad SMARTS) is 1. The van der Waals surface area contributed by atoms with E-state index >= 15 is 0 Å². The third kappa shape index (κ3) is 19.1. The van der Waals surface area contributed by atoms with E-state index in [2.05, 4.69) is 5.32 Å². The molecule has 6 N–H and O–H groups in total. The lowest BCUT2D eigenvalue weighted by Crippen LogP contribution is -2.70. The van der Waals surface area contributed by atoms with Crippen molar-refractivity contribution in [3.63, 3.8) is 0 Å². The molecule has 22 heteroatoms. The molecule has 1 amide bonds. The molecular formula is C65H95NO21. The number of allylic oxidation sites excluding steroid dienone is 9. The first-order chi connectivity index (χ1) is 41.5. The smallest absolute Gasteiger partial charge is 0.328 e. The van der Waals surface area contributed by atoms with Gasteiger partial charge in [0.2, 0.25) is 11.7 Å². The standard InChI is InChI=1S/C65H95NO21/c1-13-14-18-29-51-64(7,8)62(84-53(70)32-43-26-19-17-20-27-43)61(72)65(74,87-51)44(63(73)66-31-24-23-25-38(2)58(78-12)39(3)47-33-45(67)46(83-47)28-21-15-16-22-30-52(68)69)37-79-54-35-49(76-10)59(41(5)81-54)86-56-36-50(77-11)60(42(6)82-56)85-55-34-48(75-9)57(71)40(4)80-55/h13-30,39-42,44-51,54-62,67,71-72,74H,31-37H2,1-12H3,(H,66,73)(H,68,69)/b14-13-,16-15+,24-23+,28-21+,29-18+,30-22+,38-25+/t39?,40?,41?,42?,44?,45-,46?,47?,48?,49?,50?,51?,54?,55?,56?,57?,58?,59?,60?,61?,62?,65?/m1/s1. The Labute approximate surface area is 512 Å². The topological polar surface area (TPSA) is 284 Å². The van der Waals surface area contributed by atoms with Crippen LogP contribution in [0.25, 0.3) is 0 Å². The van der Waals surface area contributed by atoms with Gasteiger partial charge in [0.1, 0.15) is 42.5 Å². The molecule has 0 aliphatic carbocycles. The summed E-state index contributed by atoms with van der Waals surface area (Å²) in [6.07, 6.45) is 7.81. The van der Waals surface area contributed by atoms with E-state index in [9.17, 15) is 34.8 Å². The Kier molecular flexibility index (Phi) is 27.7. The highest BCUT2D eigenvalue weighted by Crippen LogP contribution is 2.46. The number of hydrogen-bond acceptors (Lipinski definition) is 20. The van der Waals surface area contributed by atoms with Crippen molar-refractivity contribution in [1.29, 1.82) is 0 Å². The van der Waals surface area contributed by atoms with Gasteiger partial charge in [-0.15, -0.1) is 0 Å². The number of aliphatic hydroxyl groups is 4. The minimum atomic E-state index is -2.74. The van der Waals surface area contributed by atoms with E-state index in [1.54, 1.807) is 127 Å². The summed E-state index contributed by atoms with van der Waals surface area (Å²) >= 11 is 0. The number of amides is 1. The average Bonchev–Trinajstić information content (AvgIpc) is 1.46. The maximum Gasteiger partial charge on any atom is 0.328 e. The normalized spacial score (nSPS) is 36.3. The van der Waals surface area contributed by atoms with Crippen LogP contribution >= 0.6 is 0 Å². The highest BCUT2D eigenvalue weighted by molar-refractivity contribution is 5.80. The first-order valence-electron chi connectivity index (χ1n) is 30.0. The summed E-state index contributed by atoms with van der Waals surface area (Å²) in [5.41, 5.74) is 0.340. The molecule has 5 fully saturated rings. The van der Waals surface area contributed by atoms with E-state index in [4.69, 9.17) is 66.7 Å². The molecule has 1 aromatic rings. The van der Waals surface area contributed by atoms with E-state index in [0.717, 1.165) is 11.6 Å². The quantitative estimate of drug-likeness (QED) is 0.0343. The number of benzene rings is 1. The lowest BCUT2D eigenvalue weighted by atomic mass is 9.71. The molecule has 0 bridgehead atoms. The zero-order chi connectivity index (χ0) is 63.6. The van der Waals surface area contributed by atoms with Crippen molar-refractivity contribution in [1.82, 2.24) is 5.32 Å². The Balaban J connectivity index is 1.18. The molecule has 0 radical (unpaired) electrons. The zero-order valence-electron chi connectivity index (χ0n) is 52.2. The van der Waals surface area contributed by atoms with E-state index in [0.29, 0.717) is 18.4 Å². The average molecular weight is 1230 g/mol. The van der Waals surface area contributed by atoms with Gasteiger partial charge in [-0.1, -0.05) is 124 Å². The number of nitrogens with one attached hydrogen (secondary N) is 1. The Morgan fingerprint density at radius 1 is 0.759 bits per heavy atom. The van der Waals surface area contributed by atoms with Crippen LogP contribution in [0.5, 0.6) is 0 Å². The SMILES string of the molecule is C/C=C\C=C\C1OC(O)(C(COC2CC(OC)C(OC3CC(OC)C(OC4CC(OC)C(O)C(C)O4)C(C)O3)C(C)O2)C(=O)NC/C=C/C=C(\C)C(OC)C(C)C2C[C@@H](O)C(/C=C/C=C/C=C/C(=O)O)O2)C(O)C(OC(=O)Cc2ccccc2)C1(C)C. The summed E-state index contributed by atoms with van der Waals surface area (Å²) in [6, 6.07) is 8.96. The monoisotopic (exact) mass is 1230 g/mol. The molecule has 22 atom stereocenters. The van der Waals surface area contributed by atoms with Crippen molar-refractivity contribution >= 4 is 17.8 Å². The van der Waals surface area contributed by atoms with Crippen LogP contribution in [0.4, 0.5) is 0 Å². The summed E-state index contributed by atoms with van der Waals surface area (Å²) in [6.45, 7) is 14.0. The maximum absolute atomic E-state index is 14.8. The van der Waals surface area contributed by atoms with Gasteiger partial charge in [0.15, 0.2) is 18.9 Å². The highest BCUT2D eigenvalue weighted by atomic mass is 16.7.